The van der Waals surface area contributed by atoms with Gasteiger partial charge in [0.25, 0.3) is 5.91 Å². The number of aromatic nitrogens is 1. The first kappa shape index (κ1) is 19.7. The number of benzene rings is 2. The maximum atomic E-state index is 13.0. The zero-order valence-electron chi connectivity index (χ0n) is 17.5. The summed E-state index contributed by atoms with van der Waals surface area (Å²) in [5.41, 5.74) is 1.58. The lowest BCUT2D eigenvalue weighted by molar-refractivity contribution is 0.0717. The van der Waals surface area contributed by atoms with Gasteiger partial charge in [-0.15, -0.1) is 0 Å². The molecule has 160 valence electrons. The minimum atomic E-state index is -0.0939. The third-order valence-corrected chi connectivity index (χ3v) is 6.51. The van der Waals surface area contributed by atoms with E-state index in [1.165, 1.54) is 0 Å². The molecule has 0 atom stereocenters. The lowest BCUT2D eigenvalue weighted by atomic mass is 10.2. The third-order valence-electron chi connectivity index (χ3n) is 5.44. The second-order valence-corrected chi connectivity index (χ2v) is 8.34. The maximum Gasteiger partial charge on any atom is 0.289 e. The normalized spacial score (nSPS) is 14.4. The van der Waals surface area contributed by atoms with Crippen molar-refractivity contribution in [1.29, 1.82) is 0 Å². The van der Waals surface area contributed by atoms with E-state index in [0.29, 0.717) is 36.8 Å². The highest BCUT2D eigenvalue weighted by Crippen LogP contribution is 2.33. The lowest BCUT2D eigenvalue weighted by Crippen LogP contribution is -2.48. The smallest absolute Gasteiger partial charge is 0.289 e. The Labute approximate surface area is 183 Å². The summed E-state index contributed by atoms with van der Waals surface area (Å²) in [6, 6.07) is 13.4. The molecule has 3 heterocycles. The van der Waals surface area contributed by atoms with Crippen molar-refractivity contribution in [3.8, 4) is 11.5 Å². The summed E-state index contributed by atoms with van der Waals surface area (Å²) in [6.45, 7) is 5.32. The molecule has 0 aliphatic carbocycles. The van der Waals surface area contributed by atoms with Crippen molar-refractivity contribution in [1.82, 2.24) is 9.88 Å². The van der Waals surface area contributed by atoms with Crippen LogP contribution in [0, 0.1) is 0 Å². The Morgan fingerprint density at radius 3 is 2.77 bits per heavy atom. The average molecular weight is 438 g/mol. The number of carbonyl (C=O) groups excluding carboxylic acids is 1. The molecule has 0 bridgehead atoms. The van der Waals surface area contributed by atoms with Gasteiger partial charge >= 0.3 is 0 Å². The van der Waals surface area contributed by atoms with Gasteiger partial charge < -0.3 is 23.7 Å². The summed E-state index contributed by atoms with van der Waals surface area (Å²) in [7, 11) is 1.59. The predicted molar refractivity (Wildman–Crippen MR) is 122 cm³/mol. The minimum absolute atomic E-state index is 0.0939. The lowest BCUT2D eigenvalue weighted by Gasteiger charge is -2.34. The molecule has 0 unspecified atom stereocenters. The first-order valence-electron chi connectivity index (χ1n) is 10.3. The van der Waals surface area contributed by atoms with Crippen molar-refractivity contribution in [2.75, 3.05) is 44.8 Å². The van der Waals surface area contributed by atoms with Crippen molar-refractivity contribution in [2.45, 2.75) is 6.92 Å². The van der Waals surface area contributed by atoms with Crippen molar-refractivity contribution in [3.63, 3.8) is 0 Å². The van der Waals surface area contributed by atoms with E-state index >= 15 is 0 Å². The number of amides is 1. The summed E-state index contributed by atoms with van der Waals surface area (Å²) in [6.07, 6.45) is 0. The molecule has 0 N–H and O–H groups in total. The molecule has 0 saturated carbocycles. The number of methoxy groups -OCH3 is 1. The molecule has 7 nitrogen and oxygen atoms in total. The molecule has 1 amide bonds. The molecule has 8 heteroatoms. The molecule has 0 spiro atoms. The molecule has 5 rings (SSSR count). The number of hydrogen-bond acceptors (Lipinski definition) is 7. The van der Waals surface area contributed by atoms with Gasteiger partial charge in [0.15, 0.2) is 22.2 Å². The van der Waals surface area contributed by atoms with Crippen LogP contribution in [0.2, 0.25) is 0 Å². The Balaban J connectivity index is 1.29. The third kappa shape index (κ3) is 3.67. The van der Waals surface area contributed by atoms with Crippen LogP contribution < -0.4 is 14.4 Å². The summed E-state index contributed by atoms with van der Waals surface area (Å²) >= 11 is 1.66. The number of anilines is 1. The Kier molecular flexibility index (Phi) is 5.15. The molecular weight excluding hydrogens is 414 g/mol. The minimum Gasteiger partial charge on any atom is -0.494 e. The van der Waals surface area contributed by atoms with Crippen molar-refractivity contribution < 1.29 is 18.7 Å². The first-order chi connectivity index (χ1) is 15.2. The number of carbonyl (C=O) groups is 1. The van der Waals surface area contributed by atoms with Crippen molar-refractivity contribution in [2.24, 2.45) is 0 Å². The van der Waals surface area contributed by atoms with Crippen LogP contribution in [0.15, 0.2) is 46.9 Å². The number of thiazole rings is 1. The molecule has 4 aromatic rings. The van der Waals surface area contributed by atoms with Gasteiger partial charge in [0, 0.05) is 31.6 Å². The molecule has 1 aliphatic heterocycles. The molecular formula is C23H23N3O4S. The zero-order chi connectivity index (χ0) is 21.4. The number of ether oxygens (including phenoxy) is 2. The van der Waals surface area contributed by atoms with Gasteiger partial charge in [-0.3, -0.25) is 4.79 Å². The first-order valence-corrected chi connectivity index (χ1v) is 11.1. The van der Waals surface area contributed by atoms with E-state index in [1.807, 2.05) is 48.2 Å². The topological polar surface area (TPSA) is 68.0 Å². The van der Waals surface area contributed by atoms with E-state index in [0.717, 1.165) is 39.6 Å². The summed E-state index contributed by atoms with van der Waals surface area (Å²) < 4.78 is 17.9. The SMILES string of the molecule is CCOc1ccc2nc(N3CCN(C(=O)c4cc5cccc(OC)c5o4)CC3)sc2c1. The van der Waals surface area contributed by atoms with Crippen LogP contribution >= 0.6 is 11.3 Å². The van der Waals surface area contributed by atoms with Gasteiger partial charge in [-0.1, -0.05) is 23.5 Å². The maximum absolute atomic E-state index is 13.0. The highest BCUT2D eigenvalue weighted by atomic mass is 32.1. The number of piperazine rings is 1. The van der Waals surface area contributed by atoms with Crippen LogP contribution in [0.1, 0.15) is 17.5 Å². The monoisotopic (exact) mass is 437 g/mol. The number of hydrogen-bond donors (Lipinski definition) is 0. The standard InChI is InChI=1S/C23H23N3O4S/c1-3-29-16-7-8-17-20(14-16)31-23(24-17)26-11-9-25(10-12-26)22(27)19-13-15-5-4-6-18(28-2)21(15)30-19/h4-8,13-14H,3,9-12H2,1-2H3. The Hall–Kier alpha value is -3.26. The van der Waals surface area contributed by atoms with E-state index in [2.05, 4.69) is 4.90 Å². The van der Waals surface area contributed by atoms with Crippen LogP contribution in [0.3, 0.4) is 0 Å². The molecule has 1 saturated heterocycles. The van der Waals surface area contributed by atoms with E-state index < -0.39 is 0 Å². The van der Waals surface area contributed by atoms with Gasteiger partial charge in [-0.05, 0) is 37.3 Å². The molecule has 2 aromatic heterocycles. The summed E-state index contributed by atoms with van der Waals surface area (Å²) in [5.74, 6) is 1.74. The molecule has 1 aliphatic rings. The highest BCUT2D eigenvalue weighted by molar-refractivity contribution is 7.22. The van der Waals surface area contributed by atoms with Crippen molar-refractivity contribution in [3.05, 3.63) is 48.2 Å². The molecule has 0 radical (unpaired) electrons. The Morgan fingerprint density at radius 2 is 2.00 bits per heavy atom. The zero-order valence-corrected chi connectivity index (χ0v) is 18.3. The van der Waals surface area contributed by atoms with Gasteiger partial charge in [0.2, 0.25) is 0 Å². The van der Waals surface area contributed by atoms with Gasteiger partial charge in [-0.2, -0.15) is 0 Å². The van der Waals surface area contributed by atoms with E-state index in [4.69, 9.17) is 18.9 Å². The number of para-hydroxylation sites is 1. The summed E-state index contributed by atoms with van der Waals surface area (Å²) in [5, 5.41) is 1.84. The predicted octanol–water partition coefficient (Wildman–Crippen LogP) is 4.41. The van der Waals surface area contributed by atoms with Crippen LogP contribution in [0.25, 0.3) is 21.2 Å². The van der Waals surface area contributed by atoms with Crippen LogP contribution in [-0.4, -0.2) is 55.7 Å². The van der Waals surface area contributed by atoms with Crippen LogP contribution in [-0.2, 0) is 0 Å². The van der Waals surface area contributed by atoms with E-state index in [9.17, 15) is 4.79 Å². The fraction of sp³-hybridized carbons (Fsp3) is 0.304. The number of fused-ring (bicyclic) bond motifs is 2. The largest absolute Gasteiger partial charge is 0.494 e. The number of rotatable bonds is 5. The van der Waals surface area contributed by atoms with Crippen LogP contribution in [0.4, 0.5) is 5.13 Å². The fourth-order valence-electron chi connectivity index (χ4n) is 3.84. The van der Waals surface area contributed by atoms with Crippen LogP contribution in [0.5, 0.6) is 11.5 Å². The Bertz CT molecular complexity index is 1240. The quantitative estimate of drug-likeness (QED) is 0.461. The second-order valence-electron chi connectivity index (χ2n) is 7.33. The number of nitrogens with zero attached hydrogens (tertiary/aromatic N) is 3. The molecule has 1 fully saturated rings. The van der Waals surface area contributed by atoms with E-state index in [-0.39, 0.29) is 5.91 Å². The fourth-order valence-corrected chi connectivity index (χ4v) is 4.89. The highest BCUT2D eigenvalue weighted by Gasteiger charge is 2.26. The summed E-state index contributed by atoms with van der Waals surface area (Å²) in [4.78, 5) is 21.8. The Morgan fingerprint density at radius 1 is 1.16 bits per heavy atom. The van der Waals surface area contributed by atoms with Gasteiger partial charge in [0.05, 0.1) is 23.9 Å². The molecule has 2 aromatic carbocycles. The van der Waals surface area contributed by atoms with E-state index in [1.54, 1.807) is 24.5 Å². The average Bonchev–Trinajstić information content (AvgIpc) is 3.43. The van der Waals surface area contributed by atoms with Crippen molar-refractivity contribution >= 4 is 43.6 Å². The van der Waals surface area contributed by atoms with Gasteiger partial charge in [-0.25, -0.2) is 4.98 Å². The van der Waals surface area contributed by atoms with Gasteiger partial charge in [0.1, 0.15) is 5.75 Å². The number of furan rings is 1. The molecule has 31 heavy (non-hydrogen) atoms. The second kappa shape index (κ2) is 8.11.